The summed E-state index contributed by atoms with van der Waals surface area (Å²) in [6, 6.07) is -0.980. The van der Waals surface area contributed by atoms with Crippen molar-refractivity contribution in [3.8, 4) is 0 Å². The van der Waals surface area contributed by atoms with Gasteiger partial charge in [-0.25, -0.2) is 0 Å². The minimum absolute atomic E-state index is 0. The molecule has 0 aliphatic carbocycles. The van der Waals surface area contributed by atoms with Crippen LogP contribution < -0.4 is 6.15 Å². The average molecular weight is 360 g/mol. The van der Waals surface area contributed by atoms with Crippen molar-refractivity contribution in [1.82, 2.24) is 6.15 Å². The summed E-state index contributed by atoms with van der Waals surface area (Å²) < 4.78 is 0. The fourth-order valence-electron chi connectivity index (χ4n) is 3.15. The Hall–Kier alpha value is -0.970. The van der Waals surface area contributed by atoms with Gasteiger partial charge in [-0.3, -0.25) is 14.9 Å². The van der Waals surface area contributed by atoms with E-state index in [4.69, 9.17) is 0 Å². The fourth-order valence-corrected chi connectivity index (χ4v) is 3.15. The number of hydrogen-bond acceptors (Lipinski definition) is 3. The molecule has 0 heterocycles. The van der Waals surface area contributed by atoms with Crippen LogP contribution in [0.1, 0.15) is 117 Å². The first kappa shape index (κ1) is 26.3. The molecular formula is C20H43N2O3+. The topological polar surface area (TPSA) is 96.7 Å². The second kappa shape index (κ2) is 19.4. The van der Waals surface area contributed by atoms with E-state index >= 15 is 0 Å². The molecule has 1 unspecified atom stereocenters. The number of rotatable bonds is 18. The Labute approximate surface area is 155 Å². The van der Waals surface area contributed by atoms with Gasteiger partial charge in [0.2, 0.25) is 5.78 Å². The number of quaternary nitrogens is 1. The van der Waals surface area contributed by atoms with Gasteiger partial charge in [-0.2, -0.15) is 0 Å². The molecule has 150 valence electrons. The third-order valence-electron chi connectivity index (χ3n) is 4.79. The summed E-state index contributed by atoms with van der Waals surface area (Å²) in [4.78, 5) is 22.0. The second-order valence-corrected chi connectivity index (χ2v) is 7.02. The molecule has 0 aromatic rings. The molecule has 0 saturated heterocycles. The summed E-state index contributed by atoms with van der Waals surface area (Å²) in [5.41, 5.74) is 0. The number of ketones is 1. The molecule has 0 radical (unpaired) electrons. The Kier molecular flexibility index (Phi) is 20.3. The smallest absolute Gasteiger partial charge is 0.270 e. The van der Waals surface area contributed by atoms with Gasteiger partial charge in [-0.1, -0.05) is 97.3 Å². The molecule has 0 aromatic heterocycles. The molecule has 0 aliphatic heterocycles. The van der Waals surface area contributed by atoms with Crippen LogP contribution >= 0.6 is 0 Å². The van der Waals surface area contributed by atoms with E-state index in [-0.39, 0.29) is 11.9 Å². The van der Waals surface area contributed by atoms with Gasteiger partial charge in [0.1, 0.15) is 0 Å². The van der Waals surface area contributed by atoms with Crippen LogP contribution in [0.4, 0.5) is 0 Å². The zero-order valence-electron chi connectivity index (χ0n) is 17.1. The number of nitrogens with zero attached hydrogens (tertiary/aromatic N) is 1. The number of carbonyl (C=O) groups is 1. The molecule has 0 spiro atoms. The molecule has 0 amide bonds. The van der Waals surface area contributed by atoms with Gasteiger partial charge in [0.05, 0.1) is 0 Å². The van der Waals surface area contributed by atoms with Crippen molar-refractivity contribution in [1.29, 1.82) is 0 Å². The lowest BCUT2D eigenvalue weighted by Crippen LogP contribution is -2.28. The molecule has 0 fully saturated rings. The number of Topliss-reactive ketones (excluding diaryl/α,β-unsaturated/α-hetero) is 1. The summed E-state index contributed by atoms with van der Waals surface area (Å²) in [5, 5.41) is 10.7. The van der Waals surface area contributed by atoms with Gasteiger partial charge < -0.3 is 6.15 Å². The van der Waals surface area contributed by atoms with E-state index in [2.05, 4.69) is 6.92 Å². The van der Waals surface area contributed by atoms with Crippen LogP contribution in [0.2, 0.25) is 0 Å². The molecule has 0 bridgehead atoms. The van der Waals surface area contributed by atoms with Crippen molar-refractivity contribution in [2.24, 2.45) is 0 Å². The molecule has 0 aromatic carbocycles. The van der Waals surface area contributed by atoms with Crippen molar-refractivity contribution in [3.63, 3.8) is 0 Å². The minimum atomic E-state index is -0.980. The highest BCUT2D eigenvalue weighted by atomic mass is 16.6. The van der Waals surface area contributed by atoms with Crippen LogP contribution in [0, 0.1) is 10.1 Å². The maximum absolute atomic E-state index is 11.7. The van der Waals surface area contributed by atoms with Crippen molar-refractivity contribution in [2.75, 3.05) is 0 Å². The monoisotopic (exact) mass is 359 g/mol. The summed E-state index contributed by atoms with van der Waals surface area (Å²) >= 11 is 0. The highest BCUT2D eigenvalue weighted by Gasteiger charge is 2.25. The SMILES string of the molecule is CCCCCCCCCCCCCCCCC(=O)C(CC)[N+](=O)[O-].[NH4+]. The number of unbranched alkanes of at least 4 members (excludes halogenated alkanes) is 13. The molecule has 0 saturated carbocycles. The lowest BCUT2D eigenvalue weighted by Gasteiger charge is -2.06. The number of hydrogen-bond donors (Lipinski definition) is 1. The Morgan fingerprint density at radius 1 is 0.760 bits per heavy atom. The van der Waals surface area contributed by atoms with Gasteiger partial charge in [-0.15, -0.1) is 0 Å². The van der Waals surface area contributed by atoms with Gasteiger partial charge in [0, 0.05) is 17.8 Å². The Morgan fingerprint density at radius 2 is 1.12 bits per heavy atom. The first-order chi connectivity index (χ1) is 11.6. The highest BCUT2D eigenvalue weighted by molar-refractivity contribution is 5.82. The molecule has 1 atom stereocenters. The van der Waals surface area contributed by atoms with Crippen molar-refractivity contribution in [2.45, 2.75) is 123 Å². The maximum Gasteiger partial charge on any atom is 0.270 e. The second-order valence-electron chi connectivity index (χ2n) is 7.02. The third kappa shape index (κ3) is 16.3. The van der Waals surface area contributed by atoms with Gasteiger partial charge in [0.15, 0.2) is 0 Å². The van der Waals surface area contributed by atoms with Crippen LogP contribution in [-0.4, -0.2) is 16.7 Å². The Morgan fingerprint density at radius 3 is 1.44 bits per heavy atom. The molecular weight excluding hydrogens is 316 g/mol. The molecule has 5 nitrogen and oxygen atoms in total. The Balaban J connectivity index is 0. The summed E-state index contributed by atoms with van der Waals surface area (Å²) in [7, 11) is 0. The van der Waals surface area contributed by atoms with E-state index in [0.29, 0.717) is 12.8 Å². The van der Waals surface area contributed by atoms with Gasteiger partial charge in [0.25, 0.3) is 6.04 Å². The van der Waals surface area contributed by atoms with Gasteiger partial charge >= 0.3 is 0 Å². The summed E-state index contributed by atoms with van der Waals surface area (Å²) in [6.07, 6.45) is 18.5. The lowest BCUT2D eigenvalue weighted by molar-refractivity contribution is -0.507. The van der Waals surface area contributed by atoms with Crippen LogP contribution in [0.25, 0.3) is 0 Å². The van der Waals surface area contributed by atoms with Crippen LogP contribution in [0.5, 0.6) is 0 Å². The predicted octanol–water partition coefficient (Wildman–Crippen LogP) is 6.86. The van der Waals surface area contributed by atoms with Crippen molar-refractivity contribution >= 4 is 5.78 Å². The van der Waals surface area contributed by atoms with E-state index in [9.17, 15) is 14.9 Å². The van der Waals surface area contributed by atoms with Crippen molar-refractivity contribution in [3.05, 3.63) is 10.1 Å². The van der Waals surface area contributed by atoms with E-state index in [1.54, 1.807) is 6.92 Å². The van der Waals surface area contributed by atoms with E-state index < -0.39 is 11.0 Å². The standard InChI is InChI=1S/C20H39NO3.H3N/c1-3-5-6-7-8-9-10-11-12-13-14-15-16-17-18-20(22)19(4-2)21(23)24;/h19H,3-18H2,1-2H3;1H3/p+1. The molecule has 25 heavy (non-hydrogen) atoms. The third-order valence-corrected chi connectivity index (χ3v) is 4.79. The molecule has 0 rings (SSSR count). The van der Waals surface area contributed by atoms with Gasteiger partial charge in [-0.05, 0) is 6.42 Å². The summed E-state index contributed by atoms with van der Waals surface area (Å²) in [6.45, 7) is 3.96. The zero-order chi connectivity index (χ0) is 18.0. The first-order valence-electron chi connectivity index (χ1n) is 10.3. The fraction of sp³-hybridized carbons (Fsp3) is 0.950. The lowest BCUT2D eigenvalue weighted by atomic mass is 10.0. The largest absolute Gasteiger partial charge is 0.369 e. The minimum Gasteiger partial charge on any atom is -0.369 e. The molecule has 4 N–H and O–H groups in total. The zero-order valence-corrected chi connectivity index (χ0v) is 17.1. The van der Waals surface area contributed by atoms with Crippen LogP contribution in [-0.2, 0) is 4.79 Å². The van der Waals surface area contributed by atoms with E-state index in [1.165, 1.54) is 70.6 Å². The van der Waals surface area contributed by atoms with E-state index in [1.807, 2.05) is 0 Å². The predicted molar refractivity (Wildman–Crippen MR) is 107 cm³/mol. The molecule has 5 heteroatoms. The Bertz CT molecular complexity index is 322. The average Bonchev–Trinajstić information content (AvgIpc) is 2.55. The number of carbonyl (C=O) groups excluding carboxylic acids is 1. The molecule has 0 aliphatic rings. The van der Waals surface area contributed by atoms with Crippen LogP contribution in [0.3, 0.4) is 0 Å². The van der Waals surface area contributed by atoms with Crippen LogP contribution in [0.15, 0.2) is 0 Å². The summed E-state index contributed by atoms with van der Waals surface area (Å²) in [5.74, 6) is -0.193. The maximum atomic E-state index is 11.7. The van der Waals surface area contributed by atoms with E-state index in [0.717, 1.165) is 19.3 Å². The highest BCUT2D eigenvalue weighted by Crippen LogP contribution is 2.14. The number of nitro groups is 1. The first-order valence-corrected chi connectivity index (χ1v) is 10.3. The van der Waals surface area contributed by atoms with Crippen molar-refractivity contribution < 1.29 is 9.72 Å². The normalized spacial score (nSPS) is 11.8. The quantitative estimate of drug-likeness (QED) is 0.164.